The van der Waals surface area contributed by atoms with E-state index in [0.717, 1.165) is 0 Å². The summed E-state index contributed by atoms with van der Waals surface area (Å²) in [6, 6.07) is 14.4. The van der Waals surface area contributed by atoms with Gasteiger partial charge in [0.2, 0.25) is 11.6 Å². The minimum Gasteiger partial charge on any atom is -0.493 e. The summed E-state index contributed by atoms with van der Waals surface area (Å²) in [7, 11) is 1.56. The standard InChI is InChI=1S/C21H20N8O4/c1-3-32-16-11-13(9-10-15(16)31-2)12-23-25-21(30)17-18(14-7-5-4-6-8-14)29(28-24-17)20-19(22)26-33-27-20/h4-12H,3H2,1-2H3,(H2,22,26)(H,25,30). The van der Waals surface area contributed by atoms with Crippen molar-refractivity contribution in [2.45, 2.75) is 6.92 Å². The molecule has 0 fully saturated rings. The number of nitrogens with two attached hydrogens (primary N) is 1. The van der Waals surface area contributed by atoms with E-state index in [2.05, 4.69) is 35.8 Å². The van der Waals surface area contributed by atoms with Crippen LogP contribution in [-0.2, 0) is 0 Å². The zero-order chi connectivity index (χ0) is 23.2. The number of benzene rings is 2. The number of ether oxygens (including phenoxy) is 2. The third kappa shape index (κ3) is 4.49. The highest BCUT2D eigenvalue weighted by molar-refractivity contribution is 5.98. The Morgan fingerprint density at radius 2 is 2.03 bits per heavy atom. The maximum atomic E-state index is 12.9. The molecule has 2 aromatic carbocycles. The molecule has 0 radical (unpaired) electrons. The Labute approximate surface area is 188 Å². The molecule has 0 saturated heterocycles. The number of carbonyl (C=O) groups is 1. The van der Waals surface area contributed by atoms with E-state index in [1.54, 1.807) is 37.4 Å². The maximum Gasteiger partial charge on any atom is 0.294 e. The van der Waals surface area contributed by atoms with Crippen molar-refractivity contribution >= 4 is 17.9 Å². The van der Waals surface area contributed by atoms with Crippen molar-refractivity contribution in [3.8, 4) is 28.6 Å². The number of nitrogens with one attached hydrogen (secondary N) is 1. The molecule has 12 nitrogen and oxygen atoms in total. The molecule has 0 aliphatic carbocycles. The number of hydrogen-bond acceptors (Lipinski definition) is 10. The lowest BCUT2D eigenvalue weighted by atomic mass is 10.1. The van der Waals surface area contributed by atoms with E-state index in [4.69, 9.17) is 15.2 Å². The van der Waals surface area contributed by atoms with Gasteiger partial charge in [0.15, 0.2) is 17.2 Å². The molecule has 2 heterocycles. The number of carbonyl (C=O) groups excluding carboxylic acids is 1. The zero-order valence-corrected chi connectivity index (χ0v) is 17.8. The number of nitrogens with zero attached hydrogens (tertiary/aromatic N) is 6. The van der Waals surface area contributed by atoms with Gasteiger partial charge in [0.1, 0.15) is 5.69 Å². The van der Waals surface area contributed by atoms with Gasteiger partial charge in [0, 0.05) is 5.56 Å². The summed E-state index contributed by atoms with van der Waals surface area (Å²) in [6.45, 7) is 2.36. The van der Waals surface area contributed by atoms with Crippen LogP contribution in [-0.4, -0.2) is 51.1 Å². The van der Waals surface area contributed by atoms with Crippen LogP contribution >= 0.6 is 0 Å². The molecule has 4 rings (SSSR count). The first-order chi connectivity index (χ1) is 16.1. The lowest BCUT2D eigenvalue weighted by Gasteiger charge is -2.09. The predicted octanol–water partition coefficient (Wildman–Crippen LogP) is 2.07. The highest BCUT2D eigenvalue weighted by atomic mass is 16.6. The molecule has 168 valence electrons. The van der Waals surface area contributed by atoms with Crippen molar-refractivity contribution < 1.29 is 18.9 Å². The fourth-order valence-electron chi connectivity index (χ4n) is 3.04. The Bertz CT molecular complexity index is 1280. The quantitative estimate of drug-likeness (QED) is 0.304. The van der Waals surface area contributed by atoms with Crippen LogP contribution in [0.25, 0.3) is 17.1 Å². The first-order valence-corrected chi connectivity index (χ1v) is 9.86. The molecule has 0 atom stereocenters. The van der Waals surface area contributed by atoms with Gasteiger partial charge in [-0.15, -0.1) is 5.10 Å². The Morgan fingerprint density at radius 3 is 2.73 bits per heavy atom. The first kappa shape index (κ1) is 21.5. The molecule has 0 bridgehead atoms. The molecule has 0 saturated carbocycles. The fraction of sp³-hybridized carbons (Fsp3) is 0.143. The Balaban J connectivity index is 1.61. The highest BCUT2D eigenvalue weighted by Gasteiger charge is 2.25. The average Bonchev–Trinajstić information content (AvgIpc) is 3.46. The van der Waals surface area contributed by atoms with Crippen molar-refractivity contribution in [3.05, 3.63) is 59.8 Å². The summed E-state index contributed by atoms with van der Waals surface area (Å²) < 4.78 is 16.8. The van der Waals surface area contributed by atoms with Crippen LogP contribution in [0.1, 0.15) is 23.0 Å². The van der Waals surface area contributed by atoms with Gasteiger partial charge < -0.3 is 15.2 Å². The summed E-state index contributed by atoms with van der Waals surface area (Å²) in [4.78, 5) is 12.9. The Kier molecular flexibility index (Phi) is 6.25. The minimum atomic E-state index is -0.579. The summed E-state index contributed by atoms with van der Waals surface area (Å²) in [5.41, 5.74) is 10.0. The van der Waals surface area contributed by atoms with Crippen molar-refractivity contribution in [2.24, 2.45) is 5.10 Å². The monoisotopic (exact) mass is 448 g/mol. The number of rotatable bonds is 8. The van der Waals surface area contributed by atoms with Crippen molar-refractivity contribution in [1.29, 1.82) is 0 Å². The van der Waals surface area contributed by atoms with Crippen LogP contribution in [0.2, 0.25) is 0 Å². The second-order valence-corrected chi connectivity index (χ2v) is 6.58. The van der Waals surface area contributed by atoms with Crippen molar-refractivity contribution in [1.82, 2.24) is 30.7 Å². The summed E-state index contributed by atoms with van der Waals surface area (Å²) in [5, 5.41) is 19.4. The molecule has 4 aromatic rings. The molecular formula is C21H20N8O4. The van der Waals surface area contributed by atoms with Gasteiger partial charge in [-0.25, -0.2) is 10.1 Å². The van der Waals surface area contributed by atoms with Crippen LogP contribution in [0, 0.1) is 0 Å². The van der Waals surface area contributed by atoms with Gasteiger partial charge >= 0.3 is 0 Å². The van der Waals surface area contributed by atoms with Gasteiger partial charge in [0.05, 0.1) is 19.9 Å². The summed E-state index contributed by atoms with van der Waals surface area (Å²) in [6.07, 6.45) is 1.48. The van der Waals surface area contributed by atoms with Crippen LogP contribution in [0.15, 0.2) is 58.3 Å². The van der Waals surface area contributed by atoms with Crippen LogP contribution in [0.5, 0.6) is 11.5 Å². The van der Waals surface area contributed by atoms with Gasteiger partial charge in [0.25, 0.3) is 5.91 Å². The molecule has 1 amide bonds. The Hall–Kier alpha value is -4.74. The normalized spacial score (nSPS) is 11.0. The number of nitrogen functional groups attached to an aromatic ring is 1. The van der Waals surface area contributed by atoms with Crippen LogP contribution in [0.3, 0.4) is 0 Å². The number of amides is 1. The second-order valence-electron chi connectivity index (χ2n) is 6.58. The van der Waals surface area contributed by atoms with E-state index in [0.29, 0.717) is 34.9 Å². The lowest BCUT2D eigenvalue weighted by molar-refractivity contribution is 0.0950. The van der Waals surface area contributed by atoms with Crippen LogP contribution in [0.4, 0.5) is 5.82 Å². The molecule has 3 N–H and O–H groups in total. The molecule has 33 heavy (non-hydrogen) atoms. The molecular weight excluding hydrogens is 428 g/mol. The Morgan fingerprint density at radius 1 is 1.21 bits per heavy atom. The third-order valence-electron chi connectivity index (χ3n) is 4.50. The fourth-order valence-corrected chi connectivity index (χ4v) is 3.04. The van der Waals surface area contributed by atoms with E-state index < -0.39 is 5.91 Å². The van der Waals surface area contributed by atoms with Crippen molar-refractivity contribution in [2.75, 3.05) is 19.5 Å². The number of hydrazone groups is 1. The van der Waals surface area contributed by atoms with Gasteiger partial charge in [-0.05, 0) is 41.0 Å². The molecule has 0 unspecified atom stereocenters. The van der Waals surface area contributed by atoms with Gasteiger partial charge in [-0.3, -0.25) is 4.79 Å². The summed E-state index contributed by atoms with van der Waals surface area (Å²) >= 11 is 0. The first-order valence-electron chi connectivity index (χ1n) is 9.86. The van der Waals surface area contributed by atoms with E-state index in [1.807, 2.05) is 25.1 Å². The number of anilines is 1. The molecule has 0 aliphatic heterocycles. The lowest BCUT2D eigenvalue weighted by Crippen LogP contribution is -2.19. The smallest absolute Gasteiger partial charge is 0.294 e. The third-order valence-corrected chi connectivity index (χ3v) is 4.50. The number of hydrogen-bond donors (Lipinski definition) is 2. The summed E-state index contributed by atoms with van der Waals surface area (Å²) in [5.74, 6) is 0.717. The van der Waals surface area contributed by atoms with E-state index in [1.165, 1.54) is 10.9 Å². The van der Waals surface area contributed by atoms with Gasteiger partial charge in [-0.1, -0.05) is 35.5 Å². The highest BCUT2D eigenvalue weighted by Crippen LogP contribution is 2.28. The maximum absolute atomic E-state index is 12.9. The molecule has 0 spiro atoms. The number of methoxy groups -OCH3 is 1. The number of aromatic nitrogens is 5. The van der Waals surface area contributed by atoms with E-state index in [-0.39, 0.29) is 17.3 Å². The predicted molar refractivity (Wildman–Crippen MR) is 118 cm³/mol. The topological polar surface area (TPSA) is 156 Å². The second kappa shape index (κ2) is 9.60. The van der Waals surface area contributed by atoms with Crippen molar-refractivity contribution in [3.63, 3.8) is 0 Å². The van der Waals surface area contributed by atoms with Crippen LogP contribution < -0.4 is 20.6 Å². The SMILES string of the molecule is CCOc1cc(C=NNC(=O)c2nnn(-c3nonc3N)c2-c2ccccc2)ccc1OC. The zero-order valence-electron chi connectivity index (χ0n) is 17.8. The molecule has 2 aromatic heterocycles. The largest absolute Gasteiger partial charge is 0.493 e. The average molecular weight is 448 g/mol. The van der Waals surface area contributed by atoms with E-state index in [9.17, 15) is 4.79 Å². The molecule has 0 aliphatic rings. The van der Waals surface area contributed by atoms with Gasteiger partial charge in [-0.2, -0.15) is 9.78 Å². The molecule has 12 heteroatoms. The minimum absolute atomic E-state index is 0.00617. The van der Waals surface area contributed by atoms with E-state index >= 15 is 0 Å².